The van der Waals surface area contributed by atoms with Crippen LogP contribution in [0.25, 0.3) is 0 Å². The highest BCUT2D eigenvalue weighted by Crippen LogP contribution is 2.22. The molecular formula is C20H26. The number of rotatable bonds is 6. The first-order valence-electron chi connectivity index (χ1n) is 7.89. The monoisotopic (exact) mass is 266 g/mol. The first-order valence-corrected chi connectivity index (χ1v) is 7.89. The van der Waals surface area contributed by atoms with Crippen molar-refractivity contribution in [1.82, 2.24) is 0 Å². The van der Waals surface area contributed by atoms with E-state index in [9.17, 15) is 0 Å². The summed E-state index contributed by atoms with van der Waals surface area (Å²) in [5.41, 5.74) is 5.81. The van der Waals surface area contributed by atoms with E-state index in [2.05, 4.69) is 69.3 Å². The van der Waals surface area contributed by atoms with Crippen LogP contribution in [0.5, 0.6) is 0 Å². The molecule has 0 fully saturated rings. The molecule has 106 valence electrons. The molecule has 0 aliphatic carbocycles. The molecule has 1 unspecified atom stereocenters. The van der Waals surface area contributed by atoms with E-state index in [1.165, 1.54) is 35.1 Å². The lowest BCUT2D eigenvalue weighted by Crippen LogP contribution is -1.97. The molecule has 0 saturated carbocycles. The SMILES string of the molecule is CCc1ccc(C(C)CCc2cccc(CC)c2)cc1. The first kappa shape index (κ1) is 14.8. The van der Waals surface area contributed by atoms with Crippen LogP contribution in [0, 0.1) is 0 Å². The zero-order valence-electron chi connectivity index (χ0n) is 13.0. The van der Waals surface area contributed by atoms with Crippen molar-refractivity contribution in [2.24, 2.45) is 0 Å². The Hall–Kier alpha value is -1.56. The molecule has 1 atom stereocenters. The third kappa shape index (κ3) is 3.96. The van der Waals surface area contributed by atoms with Crippen LogP contribution in [-0.4, -0.2) is 0 Å². The van der Waals surface area contributed by atoms with Gasteiger partial charge in [0.25, 0.3) is 0 Å². The third-order valence-electron chi connectivity index (χ3n) is 4.22. The Morgan fingerprint density at radius 1 is 0.800 bits per heavy atom. The van der Waals surface area contributed by atoms with Crippen LogP contribution in [0.2, 0.25) is 0 Å². The molecule has 0 aromatic heterocycles. The van der Waals surface area contributed by atoms with E-state index >= 15 is 0 Å². The van der Waals surface area contributed by atoms with E-state index in [0.29, 0.717) is 5.92 Å². The number of hydrogen-bond donors (Lipinski definition) is 0. The van der Waals surface area contributed by atoms with Gasteiger partial charge in [-0.3, -0.25) is 0 Å². The van der Waals surface area contributed by atoms with Gasteiger partial charge in [0.05, 0.1) is 0 Å². The summed E-state index contributed by atoms with van der Waals surface area (Å²) in [4.78, 5) is 0. The zero-order chi connectivity index (χ0) is 14.4. The molecular weight excluding hydrogens is 240 g/mol. The van der Waals surface area contributed by atoms with Gasteiger partial charge in [-0.25, -0.2) is 0 Å². The Balaban J connectivity index is 1.95. The van der Waals surface area contributed by atoms with Crippen molar-refractivity contribution in [3.05, 3.63) is 70.8 Å². The Labute approximate surface area is 123 Å². The molecule has 2 rings (SSSR count). The molecule has 0 aliphatic heterocycles. The number of hydrogen-bond acceptors (Lipinski definition) is 0. The molecule has 0 spiro atoms. The van der Waals surface area contributed by atoms with Crippen molar-refractivity contribution in [2.45, 2.75) is 52.4 Å². The van der Waals surface area contributed by atoms with E-state index in [-0.39, 0.29) is 0 Å². The maximum Gasteiger partial charge on any atom is -0.0187 e. The molecule has 0 nitrogen and oxygen atoms in total. The van der Waals surface area contributed by atoms with Gasteiger partial charge in [0.15, 0.2) is 0 Å². The van der Waals surface area contributed by atoms with E-state index in [1.54, 1.807) is 0 Å². The summed E-state index contributed by atoms with van der Waals surface area (Å²) < 4.78 is 0. The second-order valence-electron chi connectivity index (χ2n) is 5.71. The predicted octanol–water partition coefficient (Wildman–Crippen LogP) is 5.55. The van der Waals surface area contributed by atoms with Crippen molar-refractivity contribution in [3.8, 4) is 0 Å². The average molecular weight is 266 g/mol. The smallest absolute Gasteiger partial charge is 0.0187 e. The van der Waals surface area contributed by atoms with Crippen LogP contribution in [0.3, 0.4) is 0 Å². The van der Waals surface area contributed by atoms with E-state index in [0.717, 1.165) is 12.8 Å². The van der Waals surface area contributed by atoms with Crippen LogP contribution in [0.4, 0.5) is 0 Å². The van der Waals surface area contributed by atoms with Crippen molar-refractivity contribution in [1.29, 1.82) is 0 Å². The minimum atomic E-state index is 0.631. The summed E-state index contributed by atoms with van der Waals surface area (Å²) in [7, 11) is 0. The molecule has 0 radical (unpaired) electrons. The van der Waals surface area contributed by atoms with Gasteiger partial charge < -0.3 is 0 Å². The van der Waals surface area contributed by atoms with Crippen molar-refractivity contribution in [3.63, 3.8) is 0 Å². The zero-order valence-corrected chi connectivity index (χ0v) is 13.0. The van der Waals surface area contributed by atoms with E-state index in [1.807, 2.05) is 0 Å². The first-order chi connectivity index (χ1) is 9.72. The maximum absolute atomic E-state index is 2.35. The molecule has 2 aromatic carbocycles. The summed E-state index contributed by atoms with van der Waals surface area (Å²) in [6, 6.07) is 18.1. The van der Waals surface area contributed by atoms with Gasteiger partial charge >= 0.3 is 0 Å². The molecule has 0 N–H and O–H groups in total. The topological polar surface area (TPSA) is 0 Å². The van der Waals surface area contributed by atoms with Gasteiger partial charge in [-0.15, -0.1) is 0 Å². The standard InChI is InChI=1S/C20H26/c1-4-17-11-13-20(14-12-17)16(3)9-10-19-8-6-7-18(5-2)15-19/h6-8,11-16H,4-5,9-10H2,1-3H3. The Bertz CT molecular complexity index is 522. The highest BCUT2D eigenvalue weighted by molar-refractivity contribution is 5.26. The fourth-order valence-corrected chi connectivity index (χ4v) is 2.64. The molecule has 0 saturated heterocycles. The molecule has 0 heteroatoms. The molecule has 2 aromatic rings. The predicted molar refractivity (Wildman–Crippen MR) is 88.4 cm³/mol. The largest absolute Gasteiger partial charge is 0.0617 e. The lowest BCUT2D eigenvalue weighted by Gasteiger charge is -2.13. The summed E-state index contributed by atoms with van der Waals surface area (Å²) in [5.74, 6) is 0.631. The summed E-state index contributed by atoms with van der Waals surface area (Å²) >= 11 is 0. The highest BCUT2D eigenvalue weighted by atomic mass is 14.1. The van der Waals surface area contributed by atoms with Gasteiger partial charge in [-0.1, -0.05) is 69.3 Å². The quantitative estimate of drug-likeness (QED) is 0.643. The fourth-order valence-electron chi connectivity index (χ4n) is 2.64. The average Bonchev–Trinajstić information content (AvgIpc) is 2.53. The van der Waals surface area contributed by atoms with Crippen molar-refractivity contribution >= 4 is 0 Å². The molecule has 0 bridgehead atoms. The van der Waals surface area contributed by atoms with Gasteiger partial charge in [0.2, 0.25) is 0 Å². The van der Waals surface area contributed by atoms with Gasteiger partial charge in [0.1, 0.15) is 0 Å². The Morgan fingerprint density at radius 2 is 1.45 bits per heavy atom. The fraction of sp³-hybridized carbons (Fsp3) is 0.400. The van der Waals surface area contributed by atoms with Crippen molar-refractivity contribution in [2.75, 3.05) is 0 Å². The maximum atomic E-state index is 2.35. The van der Waals surface area contributed by atoms with Gasteiger partial charge in [-0.05, 0) is 53.9 Å². The lowest BCUT2D eigenvalue weighted by molar-refractivity contribution is 0.679. The Morgan fingerprint density at radius 3 is 2.10 bits per heavy atom. The number of aryl methyl sites for hydroxylation is 3. The molecule has 0 aliphatic rings. The summed E-state index contributed by atoms with van der Waals surface area (Å²) in [6.45, 7) is 6.76. The van der Waals surface area contributed by atoms with E-state index < -0.39 is 0 Å². The highest BCUT2D eigenvalue weighted by Gasteiger charge is 2.06. The van der Waals surface area contributed by atoms with Gasteiger partial charge in [0, 0.05) is 0 Å². The second-order valence-corrected chi connectivity index (χ2v) is 5.71. The normalized spacial score (nSPS) is 12.3. The van der Waals surface area contributed by atoms with Crippen LogP contribution < -0.4 is 0 Å². The molecule has 0 heterocycles. The van der Waals surface area contributed by atoms with Crippen LogP contribution in [-0.2, 0) is 19.3 Å². The molecule has 0 amide bonds. The minimum absolute atomic E-state index is 0.631. The number of benzene rings is 2. The Kier molecular flexibility index (Phi) is 5.40. The van der Waals surface area contributed by atoms with Crippen LogP contribution in [0.1, 0.15) is 55.4 Å². The van der Waals surface area contributed by atoms with Crippen molar-refractivity contribution < 1.29 is 0 Å². The lowest BCUT2D eigenvalue weighted by atomic mass is 9.93. The van der Waals surface area contributed by atoms with E-state index in [4.69, 9.17) is 0 Å². The molecule has 20 heavy (non-hydrogen) atoms. The minimum Gasteiger partial charge on any atom is -0.0617 e. The third-order valence-corrected chi connectivity index (χ3v) is 4.22. The van der Waals surface area contributed by atoms with Crippen LogP contribution in [0.15, 0.2) is 48.5 Å². The summed E-state index contributed by atoms with van der Waals surface area (Å²) in [5, 5.41) is 0. The van der Waals surface area contributed by atoms with Gasteiger partial charge in [-0.2, -0.15) is 0 Å². The summed E-state index contributed by atoms with van der Waals surface area (Å²) in [6.07, 6.45) is 4.64. The second kappa shape index (κ2) is 7.28. The van der Waals surface area contributed by atoms with Crippen LogP contribution >= 0.6 is 0 Å².